The normalized spacial score (nSPS) is 15.0. The van der Waals surface area contributed by atoms with Crippen LogP contribution in [0.4, 0.5) is 0 Å². The highest BCUT2D eigenvalue weighted by atomic mass is 35.5. The van der Waals surface area contributed by atoms with E-state index in [0.717, 1.165) is 12.8 Å². The molecule has 6 heteroatoms. The van der Waals surface area contributed by atoms with Gasteiger partial charge in [-0.25, -0.2) is 0 Å². The van der Waals surface area contributed by atoms with Crippen LogP contribution in [0, 0.1) is 0 Å². The molecule has 22 heavy (non-hydrogen) atoms. The zero-order valence-corrected chi connectivity index (χ0v) is 13.1. The van der Waals surface area contributed by atoms with E-state index in [1.807, 2.05) is 0 Å². The molecular formula is C16H18ClNO4. The van der Waals surface area contributed by atoms with Gasteiger partial charge in [0.25, 0.3) is 5.91 Å². The molecule has 0 bridgehead atoms. The number of Topliss-reactive ketones (excluding diaryl/α,β-unsaturated/α-hetero) is 1. The molecule has 0 unspecified atom stereocenters. The van der Waals surface area contributed by atoms with Crippen molar-refractivity contribution in [3.05, 3.63) is 34.9 Å². The molecule has 1 aromatic carbocycles. The standard InChI is InChI=1S/C16H18ClNO4/c1-10(16(21)18-13-6-7-13)22-15(20)9-8-14(19)11-2-4-12(17)5-3-11/h2-5,10,13H,6-9H2,1H3,(H,18,21)/t10-/m1/s1. The molecule has 0 aromatic heterocycles. The summed E-state index contributed by atoms with van der Waals surface area (Å²) < 4.78 is 5.02. The lowest BCUT2D eigenvalue weighted by Crippen LogP contribution is -2.37. The maximum Gasteiger partial charge on any atom is 0.307 e. The van der Waals surface area contributed by atoms with Gasteiger partial charge < -0.3 is 10.1 Å². The Kier molecular flexibility index (Phi) is 5.55. The number of carbonyl (C=O) groups excluding carboxylic acids is 3. The fraction of sp³-hybridized carbons (Fsp3) is 0.438. The first kappa shape index (κ1) is 16.5. The minimum Gasteiger partial charge on any atom is -0.453 e. The van der Waals surface area contributed by atoms with Crippen LogP contribution in [0.1, 0.15) is 43.0 Å². The molecule has 0 heterocycles. The van der Waals surface area contributed by atoms with Crippen LogP contribution in [0.5, 0.6) is 0 Å². The van der Waals surface area contributed by atoms with Gasteiger partial charge in [0.1, 0.15) is 0 Å². The van der Waals surface area contributed by atoms with Crippen LogP contribution in [0.3, 0.4) is 0 Å². The third kappa shape index (κ3) is 5.15. The Morgan fingerprint density at radius 2 is 1.86 bits per heavy atom. The van der Waals surface area contributed by atoms with Crippen molar-refractivity contribution in [1.29, 1.82) is 0 Å². The van der Waals surface area contributed by atoms with Gasteiger partial charge in [0.2, 0.25) is 0 Å². The van der Waals surface area contributed by atoms with Crippen LogP contribution in [-0.4, -0.2) is 29.8 Å². The molecule has 2 rings (SSSR count). The molecule has 5 nitrogen and oxygen atoms in total. The molecule has 1 aliphatic rings. The number of halogens is 1. The third-order valence-corrected chi connectivity index (χ3v) is 3.58. The van der Waals surface area contributed by atoms with Gasteiger partial charge in [0.05, 0.1) is 6.42 Å². The van der Waals surface area contributed by atoms with E-state index in [4.69, 9.17) is 16.3 Å². The number of hydrogen-bond donors (Lipinski definition) is 1. The average molecular weight is 324 g/mol. The van der Waals surface area contributed by atoms with E-state index in [0.29, 0.717) is 10.6 Å². The van der Waals surface area contributed by atoms with Gasteiger partial charge >= 0.3 is 5.97 Å². The Morgan fingerprint density at radius 1 is 1.23 bits per heavy atom. The molecule has 0 radical (unpaired) electrons. The highest BCUT2D eigenvalue weighted by Gasteiger charge is 2.27. The van der Waals surface area contributed by atoms with Crippen molar-refractivity contribution in [1.82, 2.24) is 5.32 Å². The first-order chi connectivity index (χ1) is 10.5. The van der Waals surface area contributed by atoms with Gasteiger partial charge in [0.15, 0.2) is 11.9 Å². The highest BCUT2D eigenvalue weighted by molar-refractivity contribution is 6.30. The Bertz CT molecular complexity index is 566. The summed E-state index contributed by atoms with van der Waals surface area (Å²) >= 11 is 5.75. The van der Waals surface area contributed by atoms with Crippen molar-refractivity contribution < 1.29 is 19.1 Å². The number of benzene rings is 1. The number of ether oxygens (including phenoxy) is 1. The SMILES string of the molecule is C[C@@H](OC(=O)CCC(=O)c1ccc(Cl)cc1)C(=O)NC1CC1. The number of nitrogens with one attached hydrogen (secondary N) is 1. The van der Waals surface area contributed by atoms with E-state index < -0.39 is 12.1 Å². The Hall–Kier alpha value is -1.88. The molecule has 0 aliphatic heterocycles. The van der Waals surface area contributed by atoms with Gasteiger partial charge in [0, 0.05) is 23.0 Å². The number of amides is 1. The van der Waals surface area contributed by atoms with Crippen molar-refractivity contribution in [2.45, 2.75) is 44.8 Å². The summed E-state index contributed by atoms with van der Waals surface area (Å²) in [6.07, 6.45) is 1.10. The second-order valence-electron chi connectivity index (χ2n) is 5.35. The van der Waals surface area contributed by atoms with Gasteiger partial charge in [-0.2, -0.15) is 0 Å². The minimum atomic E-state index is -0.835. The van der Waals surface area contributed by atoms with Crippen LogP contribution < -0.4 is 5.32 Å². The molecule has 0 saturated heterocycles. The van der Waals surface area contributed by atoms with Gasteiger partial charge in [-0.1, -0.05) is 11.6 Å². The van der Waals surface area contributed by atoms with E-state index in [-0.39, 0.29) is 30.6 Å². The van der Waals surface area contributed by atoms with E-state index in [1.54, 1.807) is 24.3 Å². The smallest absolute Gasteiger partial charge is 0.307 e. The highest BCUT2D eigenvalue weighted by Crippen LogP contribution is 2.19. The molecular weight excluding hydrogens is 306 g/mol. The van der Waals surface area contributed by atoms with Crippen LogP contribution >= 0.6 is 11.6 Å². The molecule has 1 N–H and O–H groups in total. The quantitative estimate of drug-likeness (QED) is 0.618. The lowest BCUT2D eigenvalue weighted by molar-refractivity contribution is -0.154. The molecule has 1 atom stereocenters. The monoisotopic (exact) mass is 323 g/mol. The topological polar surface area (TPSA) is 72.5 Å². The number of rotatable bonds is 7. The van der Waals surface area contributed by atoms with Crippen molar-refractivity contribution in [2.75, 3.05) is 0 Å². The zero-order valence-electron chi connectivity index (χ0n) is 12.3. The summed E-state index contributed by atoms with van der Waals surface area (Å²) in [5.74, 6) is -1.01. The van der Waals surface area contributed by atoms with Crippen LogP contribution in [0.2, 0.25) is 5.02 Å². The van der Waals surface area contributed by atoms with Crippen molar-refractivity contribution in [3.63, 3.8) is 0 Å². The van der Waals surface area contributed by atoms with Crippen molar-refractivity contribution in [2.24, 2.45) is 0 Å². The molecule has 1 fully saturated rings. The Labute approximate surface area is 134 Å². The maximum atomic E-state index is 11.9. The third-order valence-electron chi connectivity index (χ3n) is 3.32. The van der Waals surface area contributed by atoms with E-state index in [1.165, 1.54) is 6.92 Å². The number of ketones is 1. The Morgan fingerprint density at radius 3 is 2.45 bits per heavy atom. The largest absolute Gasteiger partial charge is 0.453 e. The Balaban J connectivity index is 1.73. The van der Waals surface area contributed by atoms with Gasteiger partial charge in [-0.3, -0.25) is 14.4 Å². The summed E-state index contributed by atoms with van der Waals surface area (Å²) in [6, 6.07) is 6.69. The summed E-state index contributed by atoms with van der Waals surface area (Å²) in [7, 11) is 0. The second-order valence-corrected chi connectivity index (χ2v) is 5.78. The van der Waals surface area contributed by atoms with Crippen LogP contribution in [-0.2, 0) is 14.3 Å². The summed E-state index contributed by atoms with van der Waals surface area (Å²) in [5, 5.41) is 3.31. The average Bonchev–Trinajstić information content (AvgIpc) is 3.29. The fourth-order valence-corrected chi connectivity index (χ4v) is 1.98. The van der Waals surface area contributed by atoms with Crippen LogP contribution in [0.25, 0.3) is 0 Å². The molecule has 1 saturated carbocycles. The van der Waals surface area contributed by atoms with E-state index in [9.17, 15) is 14.4 Å². The first-order valence-corrected chi connectivity index (χ1v) is 7.62. The molecule has 118 valence electrons. The number of hydrogen-bond acceptors (Lipinski definition) is 4. The van der Waals surface area contributed by atoms with E-state index in [2.05, 4.69) is 5.32 Å². The van der Waals surface area contributed by atoms with Gasteiger partial charge in [-0.15, -0.1) is 0 Å². The lowest BCUT2D eigenvalue weighted by atomic mass is 10.1. The summed E-state index contributed by atoms with van der Waals surface area (Å²) in [6.45, 7) is 1.52. The van der Waals surface area contributed by atoms with Crippen molar-refractivity contribution in [3.8, 4) is 0 Å². The number of esters is 1. The molecule has 1 aromatic rings. The van der Waals surface area contributed by atoms with Crippen LogP contribution in [0.15, 0.2) is 24.3 Å². The summed E-state index contributed by atoms with van der Waals surface area (Å²) in [4.78, 5) is 35.2. The van der Waals surface area contributed by atoms with Gasteiger partial charge in [-0.05, 0) is 44.0 Å². The second kappa shape index (κ2) is 7.40. The predicted molar refractivity (Wildman–Crippen MR) is 81.7 cm³/mol. The molecule has 1 aliphatic carbocycles. The van der Waals surface area contributed by atoms with E-state index >= 15 is 0 Å². The van der Waals surface area contributed by atoms with Crippen molar-refractivity contribution >= 4 is 29.3 Å². The summed E-state index contributed by atoms with van der Waals surface area (Å²) in [5.41, 5.74) is 0.497. The zero-order chi connectivity index (χ0) is 16.1. The molecule has 0 spiro atoms. The lowest BCUT2D eigenvalue weighted by Gasteiger charge is -2.12. The minimum absolute atomic E-state index is 0.0391. The predicted octanol–water partition coefficient (Wildman–Crippen LogP) is 2.51. The first-order valence-electron chi connectivity index (χ1n) is 7.24. The molecule has 1 amide bonds. The fourth-order valence-electron chi connectivity index (χ4n) is 1.85. The number of carbonyl (C=O) groups is 3. The maximum absolute atomic E-state index is 11.9.